The summed E-state index contributed by atoms with van der Waals surface area (Å²) in [5, 5.41) is 19.0. The van der Waals surface area contributed by atoms with E-state index in [1.54, 1.807) is 20.8 Å². The van der Waals surface area contributed by atoms with Gasteiger partial charge >= 0.3 is 5.97 Å². The van der Waals surface area contributed by atoms with Crippen molar-refractivity contribution in [2.45, 2.75) is 46.6 Å². The van der Waals surface area contributed by atoms with E-state index < -0.39 is 17.0 Å². The number of carboxylic acid groups (broad SMARTS) is 1. The number of hydrogen-bond donors (Lipinski definition) is 2. The second-order valence-corrected chi connectivity index (χ2v) is 5.01. The van der Waals surface area contributed by atoms with Gasteiger partial charge in [0.25, 0.3) is 0 Å². The molecule has 0 aromatic heterocycles. The molecule has 3 heteroatoms. The summed E-state index contributed by atoms with van der Waals surface area (Å²) in [5.41, 5.74) is -2.26. The van der Waals surface area contributed by atoms with Crippen LogP contribution in [0.5, 0.6) is 0 Å². The third-order valence-electron chi connectivity index (χ3n) is 2.30. The highest BCUT2D eigenvalue weighted by molar-refractivity contribution is 5.78. The number of aliphatic hydroxyl groups is 1. The monoisotopic (exact) mass is 188 g/mol. The van der Waals surface area contributed by atoms with Crippen molar-refractivity contribution in [3.63, 3.8) is 0 Å². The Kier molecular flexibility index (Phi) is 3.50. The second-order valence-electron chi connectivity index (χ2n) is 5.01. The first kappa shape index (κ1) is 12.4. The predicted octanol–water partition coefficient (Wildman–Crippen LogP) is 1.89. The average molecular weight is 188 g/mol. The van der Waals surface area contributed by atoms with Gasteiger partial charge in [0.1, 0.15) is 0 Å². The van der Waals surface area contributed by atoms with Crippen molar-refractivity contribution < 1.29 is 15.0 Å². The predicted molar refractivity (Wildman–Crippen MR) is 51.5 cm³/mol. The summed E-state index contributed by atoms with van der Waals surface area (Å²) in [6, 6.07) is 0. The van der Waals surface area contributed by atoms with Gasteiger partial charge in [0, 0.05) is 5.41 Å². The van der Waals surface area contributed by atoms with Gasteiger partial charge in [0.15, 0.2) is 5.60 Å². The van der Waals surface area contributed by atoms with Crippen LogP contribution in [0.4, 0.5) is 0 Å². The Balaban J connectivity index is 4.85. The Morgan fingerprint density at radius 3 is 1.77 bits per heavy atom. The quantitative estimate of drug-likeness (QED) is 0.711. The molecule has 0 aliphatic carbocycles. The molecule has 0 aromatic carbocycles. The number of rotatable bonds is 3. The van der Waals surface area contributed by atoms with E-state index in [9.17, 15) is 9.90 Å². The van der Waals surface area contributed by atoms with E-state index in [-0.39, 0.29) is 12.3 Å². The van der Waals surface area contributed by atoms with Crippen LogP contribution in [0.3, 0.4) is 0 Å². The summed E-state index contributed by atoms with van der Waals surface area (Å²) >= 11 is 0. The fourth-order valence-electron chi connectivity index (χ4n) is 1.31. The smallest absolute Gasteiger partial charge is 0.336 e. The third-order valence-corrected chi connectivity index (χ3v) is 2.30. The lowest BCUT2D eigenvalue weighted by Crippen LogP contribution is -2.50. The maximum absolute atomic E-state index is 11.0. The molecule has 0 saturated heterocycles. The number of hydrogen-bond acceptors (Lipinski definition) is 2. The molecule has 0 aliphatic heterocycles. The van der Waals surface area contributed by atoms with Crippen molar-refractivity contribution in [3.05, 3.63) is 0 Å². The van der Waals surface area contributed by atoms with Gasteiger partial charge in [-0.25, -0.2) is 4.79 Å². The van der Waals surface area contributed by atoms with Gasteiger partial charge in [0.05, 0.1) is 0 Å². The fraction of sp³-hybridized carbons (Fsp3) is 0.900. The minimum absolute atomic E-state index is 0.167. The zero-order valence-electron chi connectivity index (χ0n) is 9.09. The first-order chi connectivity index (χ1) is 5.61. The highest BCUT2D eigenvalue weighted by Crippen LogP contribution is 2.35. The van der Waals surface area contributed by atoms with Crippen LogP contribution >= 0.6 is 0 Å². The summed E-state index contributed by atoms with van der Waals surface area (Å²) in [4.78, 5) is 11.0. The normalized spacial score (nSPS) is 17.2. The summed E-state index contributed by atoms with van der Waals surface area (Å²) in [6.45, 7) is 9.02. The summed E-state index contributed by atoms with van der Waals surface area (Å²) in [6.07, 6.45) is 0.284. The van der Waals surface area contributed by atoms with Gasteiger partial charge in [-0.2, -0.15) is 0 Å². The molecule has 0 amide bonds. The maximum atomic E-state index is 11.0. The number of carboxylic acids is 1. The molecule has 13 heavy (non-hydrogen) atoms. The largest absolute Gasteiger partial charge is 0.479 e. The zero-order chi connectivity index (χ0) is 10.9. The number of carbonyl (C=O) groups is 1. The fourth-order valence-corrected chi connectivity index (χ4v) is 1.31. The molecular weight excluding hydrogens is 168 g/mol. The van der Waals surface area contributed by atoms with Crippen LogP contribution in [0.25, 0.3) is 0 Å². The van der Waals surface area contributed by atoms with Gasteiger partial charge < -0.3 is 10.2 Å². The Labute approximate surface area is 79.8 Å². The van der Waals surface area contributed by atoms with E-state index >= 15 is 0 Å². The van der Waals surface area contributed by atoms with Gasteiger partial charge in [-0.1, -0.05) is 34.6 Å². The van der Waals surface area contributed by atoms with E-state index in [4.69, 9.17) is 5.11 Å². The summed E-state index contributed by atoms with van der Waals surface area (Å²) in [5.74, 6) is -0.964. The molecule has 0 fully saturated rings. The first-order valence-corrected chi connectivity index (χ1v) is 4.57. The van der Waals surface area contributed by atoms with Crippen LogP contribution in [-0.4, -0.2) is 21.8 Å². The molecule has 1 atom stereocenters. The molecule has 3 nitrogen and oxygen atoms in total. The molecule has 2 N–H and O–H groups in total. The lowest BCUT2D eigenvalue weighted by Gasteiger charge is -2.37. The van der Waals surface area contributed by atoms with Crippen molar-refractivity contribution in [2.75, 3.05) is 0 Å². The molecule has 0 heterocycles. The molecule has 0 aromatic rings. The van der Waals surface area contributed by atoms with E-state index in [0.717, 1.165) is 0 Å². The summed E-state index contributed by atoms with van der Waals surface area (Å²) in [7, 11) is 0. The molecule has 0 radical (unpaired) electrons. The van der Waals surface area contributed by atoms with E-state index in [0.29, 0.717) is 0 Å². The van der Waals surface area contributed by atoms with E-state index in [2.05, 4.69) is 0 Å². The second kappa shape index (κ2) is 3.66. The van der Waals surface area contributed by atoms with Crippen LogP contribution in [0.2, 0.25) is 0 Å². The zero-order valence-corrected chi connectivity index (χ0v) is 9.09. The molecule has 78 valence electrons. The van der Waals surface area contributed by atoms with Gasteiger partial charge in [-0.3, -0.25) is 0 Å². The Morgan fingerprint density at radius 2 is 1.69 bits per heavy atom. The van der Waals surface area contributed by atoms with Crippen LogP contribution < -0.4 is 0 Å². The molecular formula is C10H20O3. The van der Waals surface area contributed by atoms with Crippen molar-refractivity contribution >= 4 is 5.97 Å². The molecule has 0 aliphatic rings. The standard InChI is InChI=1S/C10H20O3/c1-7(2)6-10(13,8(11)12)9(3,4)5/h7,13H,6H2,1-5H3,(H,11,12). The maximum Gasteiger partial charge on any atom is 0.336 e. The number of aliphatic carboxylic acids is 1. The highest BCUT2D eigenvalue weighted by Gasteiger charge is 2.47. The lowest BCUT2D eigenvalue weighted by atomic mass is 9.72. The molecule has 0 rings (SSSR count). The first-order valence-electron chi connectivity index (χ1n) is 4.57. The van der Waals surface area contributed by atoms with Crippen LogP contribution in [0.1, 0.15) is 41.0 Å². The topological polar surface area (TPSA) is 57.5 Å². The van der Waals surface area contributed by atoms with Crippen molar-refractivity contribution in [1.82, 2.24) is 0 Å². The van der Waals surface area contributed by atoms with Gasteiger partial charge in [-0.05, 0) is 12.3 Å². The Hall–Kier alpha value is -0.570. The van der Waals surface area contributed by atoms with Crippen LogP contribution in [0.15, 0.2) is 0 Å². The molecule has 0 spiro atoms. The Morgan fingerprint density at radius 1 is 1.31 bits per heavy atom. The average Bonchev–Trinajstić information content (AvgIpc) is 1.82. The minimum atomic E-state index is -1.62. The summed E-state index contributed by atoms with van der Waals surface area (Å²) < 4.78 is 0. The lowest BCUT2D eigenvalue weighted by molar-refractivity contribution is -0.174. The van der Waals surface area contributed by atoms with Crippen molar-refractivity contribution in [1.29, 1.82) is 0 Å². The van der Waals surface area contributed by atoms with Crippen molar-refractivity contribution in [2.24, 2.45) is 11.3 Å². The Bertz CT molecular complexity index is 191. The van der Waals surface area contributed by atoms with E-state index in [1.807, 2.05) is 13.8 Å². The highest BCUT2D eigenvalue weighted by atomic mass is 16.4. The minimum Gasteiger partial charge on any atom is -0.479 e. The SMILES string of the molecule is CC(C)CC(O)(C(=O)O)C(C)(C)C. The van der Waals surface area contributed by atoms with Crippen LogP contribution in [-0.2, 0) is 4.79 Å². The van der Waals surface area contributed by atoms with Crippen LogP contribution in [0, 0.1) is 11.3 Å². The molecule has 1 unspecified atom stereocenters. The van der Waals surface area contributed by atoms with Gasteiger partial charge in [-0.15, -0.1) is 0 Å². The van der Waals surface area contributed by atoms with Gasteiger partial charge in [0.2, 0.25) is 0 Å². The van der Waals surface area contributed by atoms with E-state index in [1.165, 1.54) is 0 Å². The molecule has 0 saturated carbocycles. The third kappa shape index (κ3) is 2.69. The van der Waals surface area contributed by atoms with Crippen molar-refractivity contribution in [3.8, 4) is 0 Å². The molecule has 0 bridgehead atoms.